The van der Waals surface area contributed by atoms with E-state index in [-0.39, 0.29) is 35.7 Å². The second kappa shape index (κ2) is 8.38. The highest BCUT2D eigenvalue weighted by Gasteiger charge is 2.51. The number of morpholine rings is 1. The molecule has 4 atom stereocenters. The van der Waals surface area contributed by atoms with E-state index < -0.39 is 47.5 Å². The molecule has 4 rings (SSSR count). The van der Waals surface area contributed by atoms with Gasteiger partial charge in [0.25, 0.3) is 5.91 Å². The zero-order chi connectivity index (χ0) is 24.1. The van der Waals surface area contributed by atoms with Gasteiger partial charge in [-0.2, -0.15) is 0 Å². The predicted octanol–water partition coefficient (Wildman–Crippen LogP) is 2.25. The van der Waals surface area contributed by atoms with Crippen molar-refractivity contribution in [2.45, 2.75) is 64.5 Å². The fourth-order valence-corrected chi connectivity index (χ4v) is 4.36. The van der Waals surface area contributed by atoms with E-state index in [1.807, 2.05) is 6.92 Å². The number of halogens is 2. The molecule has 0 aliphatic carbocycles. The lowest BCUT2D eigenvalue weighted by Crippen LogP contribution is -2.70. The van der Waals surface area contributed by atoms with Gasteiger partial charge in [-0.3, -0.25) is 10.1 Å². The van der Waals surface area contributed by atoms with E-state index >= 15 is 8.78 Å². The first-order valence-corrected chi connectivity index (χ1v) is 10.7. The first-order valence-electron chi connectivity index (χ1n) is 10.7. The monoisotopic (exact) mass is 464 g/mol. The van der Waals surface area contributed by atoms with Crippen LogP contribution in [0.2, 0.25) is 0 Å². The summed E-state index contributed by atoms with van der Waals surface area (Å²) in [7, 11) is 0. The summed E-state index contributed by atoms with van der Waals surface area (Å²) in [5.41, 5.74) is -1.21. The number of aromatic nitrogens is 1. The summed E-state index contributed by atoms with van der Waals surface area (Å²) < 4.78 is 42.3. The van der Waals surface area contributed by atoms with Gasteiger partial charge in [-0.15, -0.1) is 0 Å². The molecule has 1 unspecified atom stereocenters. The smallest absolute Gasteiger partial charge is 0.323 e. The minimum atomic E-state index is -1.55. The second-order valence-electron chi connectivity index (χ2n) is 8.55. The Balaban J connectivity index is 1.96. The first-order chi connectivity index (χ1) is 15.6. The minimum Gasteiger partial charge on any atom is -0.444 e. The molecule has 2 aromatic rings. The molecule has 2 aliphatic rings. The fraction of sp³-hybridized carbons (Fsp3) is 0.500. The van der Waals surface area contributed by atoms with Crippen LogP contribution in [-0.2, 0) is 22.4 Å². The first kappa shape index (κ1) is 23.1. The van der Waals surface area contributed by atoms with Crippen LogP contribution in [0.25, 0.3) is 11.5 Å². The van der Waals surface area contributed by atoms with Crippen LogP contribution in [0.1, 0.15) is 39.0 Å². The molecule has 1 aromatic carbocycles. The number of rotatable bonds is 2. The quantitative estimate of drug-likeness (QED) is 0.624. The van der Waals surface area contributed by atoms with Gasteiger partial charge in [-0.1, -0.05) is 6.92 Å². The van der Waals surface area contributed by atoms with Crippen LogP contribution in [0.3, 0.4) is 0 Å². The number of anilines is 1. The number of hydrogen-bond donors (Lipinski definition) is 3. The summed E-state index contributed by atoms with van der Waals surface area (Å²) in [6.45, 7) is 6.77. The topological polar surface area (TPSA) is 117 Å². The molecule has 3 heterocycles. The van der Waals surface area contributed by atoms with Crippen LogP contribution in [0.5, 0.6) is 0 Å². The maximum atomic E-state index is 15.8. The summed E-state index contributed by atoms with van der Waals surface area (Å²) in [6.07, 6.45) is -1.01. The van der Waals surface area contributed by atoms with Crippen molar-refractivity contribution < 1.29 is 32.6 Å². The Morgan fingerprint density at radius 1 is 1.30 bits per heavy atom. The van der Waals surface area contributed by atoms with Crippen LogP contribution < -0.4 is 15.5 Å². The van der Waals surface area contributed by atoms with E-state index in [9.17, 15) is 14.7 Å². The third-order valence-corrected chi connectivity index (χ3v) is 6.30. The lowest BCUT2D eigenvalue weighted by Gasteiger charge is -2.51. The number of nitrogens with one attached hydrogen (secondary N) is 2. The third-order valence-electron chi connectivity index (χ3n) is 6.30. The molecule has 33 heavy (non-hydrogen) atoms. The zero-order valence-corrected chi connectivity index (χ0v) is 18.7. The van der Waals surface area contributed by atoms with Crippen molar-refractivity contribution in [2.24, 2.45) is 0 Å². The number of nitrogens with zero attached hydrogens (tertiary/aromatic N) is 2. The summed E-state index contributed by atoms with van der Waals surface area (Å²) in [5, 5.41) is 14.8. The van der Waals surface area contributed by atoms with Gasteiger partial charge in [-0.05, 0) is 38.8 Å². The van der Waals surface area contributed by atoms with E-state index in [2.05, 4.69) is 15.6 Å². The van der Waals surface area contributed by atoms with Crippen molar-refractivity contribution in [3.63, 3.8) is 0 Å². The summed E-state index contributed by atoms with van der Waals surface area (Å²) in [6, 6.07) is 0.421. The maximum Gasteiger partial charge on any atom is 0.323 e. The highest BCUT2D eigenvalue weighted by Crippen LogP contribution is 2.41. The normalized spacial score (nSPS) is 28.0. The Labute approximate surface area is 189 Å². The number of imide groups is 1. The number of ether oxygens (including phenoxy) is 1. The van der Waals surface area contributed by atoms with E-state index in [0.29, 0.717) is 12.1 Å². The highest BCUT2D eigenvalue weighted by molar-refractivity contribution is 6.02. The number of benzene rings is 1. The number of aliphatic hydroxyl groups is 1. The summed E-state index contributed by atoms with van der Waals surface area (Å²) >= 11 is 0. The molecule has 3 N–H and O–H groups in total. The molecule has 1 aromatic heterocycles. The van der Waals surface area contributed by atoms with Crippen molar-refractivity contribution >= 4 is 17.6 Å². The molecule has 11 heteroatoms. The van der Waals surface area contributed by atoms with Crippen molar-refractivity contribution in [1.29, 1.82) is 0 Å². The molecule has 2 aliphatic heterocycles. The van der Waals surface area contributed by atoms with E-state index in [0.717, 1.165) is 0 Å². The molecule has 3 amide bonds. The Kier molecular flexibility index (Phi) is 5.87. The Bertz CT molecular complexity index is 1110. The number of urea groups is 1. The number of oxazole rings is 1. The lowest BCUT2D eigenvalue weighted by molar-refractivity contribution is -0.136. The summed E-state index contributed by atoms with van der Waals surface area (Å²) in [4.78, 5) is 31.0. The molecule has 9 nitrogen and oxygen atoms in total. The van der Waals surface area contributed by atoms with Gasteiger partial charge in [-0.25, -0.2) is 18.6 Å². The number of hydrogen-bond acceptors (Lipinski definition) is 7. The van der Waals surface area contributed by atoms with Crippen LogP contribution in [0.4, 0.5) is 19.3 Å². The van der Waals surface area contributed by atoms with E-state index in [1.54, 1.807) is 13.8 Å². The third kappa shape index (κ3) is 3.84. The van der Waals surface area contributed by atoms with Gasteiger partial charge in [0.05, 0.1) is 29.2 Å². The SMILES string of the molecule is CCc1coc(-c2cc3c(c(F)c2F)N2C[C@H](C)O[C@H](C)[C@@]2(C)C(=O)NC(=O)NC(O)C3)n1. The molecule has 0 bridgehead atoms. The lowest BCUT2D eigenvalue weighted by atomic mass is 9.87. The average molecular weight is 464 g/mol. The highest BCUT2D eigenvalue weighted by atomic mass is 19.2. The van der Waals surface area contributed by atoms with Crippen LogP contribution in [-0.4, -0.2) is 52.5 Å². The summed E-state index contributed by atoms with van der Waals surface area (Å²) in [5.74, 6) is -3.28. The number of fused-ring (bicyclic) bond motifs is 3. The predicted molar refractivity (Wildman–Crippen MR) is 113 cm³/mol. The largest absolute Gasteiger partial charge is 0.444 e. The maximum absolute atomic E-state index is 15.8. The second-order valence-corrected chi connectivity index (χ2v) is 8.55. The van der Waals surface area contributed by atoms with Gasteiger partial charge in [0.15, 0.2) is 11.6 Å². The average Bonchev–Trinajstić information content (AvgIpc) is 3.22. The van der Waals surface area contributed by atoms with Crippen LogP contribution in [0.15, 0.2) is 16.7 Å². The van der Waals surface area contributed by atoms with Gasteiger partial charge >= 0.3 is 6.03 Å². The molecule has 0 spiro atoms. The standard InChI is InChI=1S/C22H26F2N4O5/c1-5-13-9-32-19(25-13)14-6-12-7-15(29)26-21(31)27-20(30)22(4)11(3)33-10(2)8-28(22)18(12)17(24)16(14)23/h6,9-11,15,29H,5,7-8H2,1-4H3,(H2,26,27,30,31)/t10-,11+,15?,22-/m0/s1. The minimum absolute atomic E-state index is 0.0493. The number of aryl methyl sites for hydroxylation is 1. The molecule has 1 fully saturated rings. The Hall–Kier alpha value is -3.05. The van der Waals surface area contributed by atoms with Gasteiger partial charge < -0.3 is 24.5 Å². The van der Waals surface area contributed by atoms with Crippen molar-refractivity contribution in [3.05, 3.63) is 35.2 Å². The van der Waals surface area contributed by atoms with Crippen LogP contribution in [0, 0.1) is 11.6 Å². The Morgan fingerprint density at radius 2 is 2.03 bits per heavy atom. The van der Waals surface area contributed by atoms with Crippen LogP contribution >= 0.6 is 0 Å². The van der Waals surface area contributed by atoms with Crippen molar-refractivity contribution in [1.82, 2.24) is 15.6 Å². The molecule has 0 saturated carbocycles. The van der Waals surface area contributed by atoms with Crippen molar-refractivity contribution in [2.75, 3.05) is 11.4 Å². The van der Waals surface area contributed by atoms with Gasteiger partial charge in [0, 0.05) is 13.0 Å². The molecular formula is C22H26F2N4O5. The van der Waals surface area contributed by atoms with Gasteiger partial charge in [0.2, 0.25) is 5.89 Å². The van der Waals surface area contributed by atoms with Crippen molar-refractivity contribution in [3.8, 4) is 11.5 Å². The molecule has 0 radical (unpaired) electrons. The molecular weight excluding hydrogens is 438 g/mol. The van der Waals surface area contributed by atoms with E-state index in [1.165, 1.54) is 24.2 Å². The van der Waals surface area contributed by atoms with E-state index in [4.69, 9.17) is 9.15 Å². The van der Waals surface area contributed by atoms with Gasteiger partial charge in [0.1, 0.15) is 18.0 Å². The fourth-order valence-electron chi connectivity index (χ4n) is 4.36. The molecule has 178 valence electrons. The molecule has 1 saturated heterocycles. The number of carbonyl (C=O) groups is 2. The number of carbonyl (C=O) groups excluding carboxylic acids is 2. The zero-order valence-electron chi connectivity index (χ0n) is 18.7. The number of aliphatic hydroxyl groups excluding tert-OH is 1. The number of amides is 3. The Morgan fingerprint density at radius 3 is 2.70 bits per heavy atom.